The molecular weight excluding hydrogens is 266 g/mol. The van der Waals surface area contributed by atoms with Crippen molar-refractivity contribution in [2.75, 3.05) is 7.11 Å². The third-order valence-corrected chi connectivity index (χ3v) is 3.19. The van der Waals surface area contributed by atoms with Gasteiger partial charge in [-0.05, 0) is 29.7 Å². The molecule has 1 aromatic heterocycles. The summed E-state index contributed by atoms with van der Waals surface area (Å²) in [7, 11) is 1.65. The molecule has 0 bridgehead atoms. The molecule has 0 aliphatic heterocycles. The number of nitrogens with zero attached hydrogens (tertiary/aromatic N) is 2. The average molecular weight is 287 g/mol. The molecule has 0 aliphatic rings. The van der Waals surface area contributed by atoms with Gasteiger partial charge in [0.25, 0.3) is 0 Å². The zero-order valence-electron chi connectivity index (χ0n) is 12.9. The quantitative estimate of drug-likeness (QED) is 0.936. The number of hydrogen-bond donors (Lipinski definition) is 1. The smallest absolute Gasteiger partial charge is 0.243 e. The Morgan fingerprint density at radius 3 is 2.57 bits per heavy atom. The molecule has 1 heterocycles. The summed E-state index contributed by atoms with van der Waals surface area (Å²) in [5, 5.41) is 7.89. The monoisotopic (exact) mass is 287 g/mol. The van der Waals surface area contributed by atoms with Gasteiger partial charge in [0.15, 0.2) is 0 Å². The highest BCUT2D eigenvalue weighted by atomic mass is 16.5. The van der Waals surface area contributed by atoms with Crippen LogP contribution in [0.3, 0.4) is 0 Å². The fourth-order valence-electron chi connectivity index (χ4n) is 2.00. The first-order valence-corrected chi connectivity index (χ1v) is 6.82. The van der Waals surface area contributed by atoms with Crippen LogP contribution in [0.25, 0.3) is 0 Å². The highest BCUT2D eigenvalue weighted by Crippen LogP contribution is 2.36. The molecule has 0 aliphatic carbocycles. The van der Waals surface area contributed by atoms with Crippen molar-refractivity contribution in [3.63, 3.8) is 0 Å². The second-order valence-electron chi connectivity index (χ2n) is 5.78. The second kappa shape index (κ2) is 6.10. The van der Waals surface area contributed by atoms with Crippen LogP contribution < -0.4 is 15.2 Å². The van der Waals surface area contributed by atoms with Crippen molar-refractivity contribution >= 4 is 0 Å². The molecule has 1 aromatic carbocycles. The van der Waals surface area contributed by atoms with Crippen molar-refractivity contribution in [1.82, 2.24) is 10.2 Å². The molecule has 0 atom stereocenters. The lowest BCUT2D eigenvalue weighted by Gasteiger charge is -2.23. The van der Waals surface area contributed by atoms with Crippen LogP contribution in [0.15, 0.2) is 30.5 Å². The second-order valence-corrected chi connectivity index (χ2v) is 5.78. The van der Waals surface area contributed by atoms with Gasteiger partial charge in [-0.3, -0.25) is 0 Å². The van der Waals surface area contributed by atoms with Crippen molar-refractivity contribution in [2.24, 2.45) is 5.73 Å². The van der Waals surface area contributed by atoms with Gasteiger partial charge in [0.05, 0.1) is 13.3 Å². The van der Waals surface area contributed by atoms with E-state index in [4.69, 9.17) is 15.2 Å². The predicted octanol–water partition coefficient (Wildman–Crippen LogP) is 3.03. The van der Waals surface area contributed by atoms with E-state index in [0.29, 0.717) is 12.4 Å². The van der Waals surface area contributed by atoms with E-state index in [9.17, 15) is 0 Å². The largest absolute Gasteiger partial charge is 0.497 e. The van der Waals surface area contributed by atoms with Gasteiger partial charge < -0.3 is 15.2 Å². The topological polar surface area (TPSA) is 70.3 Å². The molecule has 0 amide bonds. The maximum absolute atomic E-state index is 5.95. The zero-order chi connectivity index (χ0) is 15.5. The molecule has 2 N–H and O–H groups in total. The Kier molecular flexibility index (Phi) is 4.43. The minimum absolute atomic E-state index is 0.0883. The highest BCUT2D eigenvalue weighted by molar-refractivity contribution is 5.46. The van der Waals surface area contributed by atoms with Crippen LogP contribution in [0.4, 0.5) is 0 Å². The van der Waals surface area contributed by atoms with Gasteiger partial charge in [0, 0.05) is 17.7 Å². The number of nitrogens with two attached hydrogens (primary N) is 1. The van der Waals surface area contributed by atoms with Crippen molar-refractivity contribution in [3.05, 3.63) is 41.6 Å². The first-order chi connectivity index (χ1) is 9.95. The molecule has 5 heteroatoms. The van der Waals surface area contributed by atoms with Gasteiger partial charge in [-0.15, -0.1) is 5.10 Å². The van der Waals surface area contributed by atoms with Crippen LogP contribution in [0.2, 0.25) is 0 Å². The van der Waals surface area contributed by atoms with E-state index in [-0.39, 0.29) is 5.41 Å². The zero-order valence-corrected chi connectivity index (χ0v) is 12.9. The van der Waals surface area contributed by atoms with Gasteiger partial charge in [-0.1, -0.05) is 20.8 Å². The maximum Gasteiger partial charge on any atom is 0.243 e. The summed E-state index contributed by atoms with van der Waals surface area (Å²) in [5.41, 5.74) is 7.48. The number of aromatic nitrogens is 2. The van der Waals surface area contributed by atoms with Crippen LogP contribution in [0, 0.1) is 0 Å². The lowest BCUT2D eigenvalue weighted by atomic mass is 9.86. The van der Waals surface area contributed by atoms with E-state index in [2.05, 4.69) is 31.0 Å². The van der Waals surface area contributed by atoms with Gasteiger partial charge >= 0.3 is 0 Å². The summed E-state index contributed by atoms with van der Waals surface area (Å²) in [6, 6.07) is 7.54. The van der Waals surface area contributed by atoms with Crippen LogP contribution >= 0.6 is 0 Å². The summed E-state index contributed by atoms with van der Waals surface area (Å²) in [6.45, 7) is 6.71. The fraction of sp³-hybridized carbons (Fsp3) is 0.375. The van der Waals surface area contributed by atoms with Gasteiger partial charge in [-0.2, -0.15) is 5.10 Å². The molecule has 0 unspecified atom stereocenters. The number of rotatable bonds is 4. The minimum atomic E-state index is -0.0883. The molecule has 5 nitrogen and oxygen atoms in total. The van der Waals surface area contributed by atoms with E-state index < -0.39 is 0 Å². The molecule has 2 aromatic rings. The summed E-state index contributed by atoms with van der Waals surface area (Å²) in [5.74, 6) is 1.97. The van der Waals surface area contributed by atoms with E-state index in [0.717, 1.165) is 22.6 Å². The Morgan fingerprint density at radius 2 is 1.95 bits per heavy atom. The SMILES string of the molecule is COc1ccc(Oc2nnccc2CN)c(C(C)(C)C)c1. The number of methoxy groups -OCH3 is 1. The van der Waals surface area contributed by atoms with E-state index in [1.807, 2.05) is 24.3 Å². The molecule has 0 radical (unpaired) electrons. The van der Waals surface area contributed by atoms with Crippen molar-refractivity contribution in [1.29, 1.82) is 0 Å². The molecule has 0 saturated heterocycles. The number of benzene rings is 1. The predicted molar refractivity (Wildman–Crippen MR) is 81.7 cm³/mol. The van der Waals surface area contributed by atoms with E-state index >= 15 is 0 Å². The molecule has 0 fully saturated rings. The third kappa shape index (κ3) is 3.49. The molecule has 0 spiro atoms. The number of ether oxygens (including phenoxy) is 2. The van der Waals surface area contributed by atoms with Gasteiger partial charge in [-0.25, -0.2) is 0 Å². The first kappa shape index (κ1) is 15.3. The molecule has 21 heavy (non-hydrogen) atoms. The molecule has 0 saturated carbocycles. The summed E-state index contributed by atoms with van der Waals surface area (Å²) in [6.07, 6.45) is 1.60. The van der Waals surface area contributed by atoms with Crippen molar-refractivity contribution in [2.45, 2.75) is 32.7 Å². The van der Waals surface area contributed by atoms with E-state index in [1.165, 1.54) is 0 Å². The normalized spacial score (nSPS) is 11.3. The Morgan fingerprint density at radius 1 is 1.19 bits per heavy atom. The van der Waals surface area contributed by atoms with Crippen LogP contribution in [0.1, 0.15) is 31.9 Å². The molecular formula is C16H21N3O2. The highest BCUT2D eigenvalue weighted by Gasteiger charge is 2.21. The van der Waals surface area contributed by atoms with Crippen LogP contribution in [-0.4, -0.2) is 17.3 Å². The van der Waals surface area contributed by atoms with Crippen LogP contribution in [-0.2, 0) is 12.0 Å². The lowest BCUT2D eigenvalue weighted by Crippen LogP contribution is -2.13. The Hall–Kier alpha value is -2.14. The third-order valence-electron chi connectivity index (χ3n) is 3.19. The summed E-state index contributed by atoms with van der Waals surface area (Å²) < 4.78 is 11.2. The van der Waals surface area contributed by atoms with Crippen molar-refractivity contribution < 1.29 is 9.47 Å². The first-order valence-electron chi connectivity index (χ1n) is 6.82. The lowest BCUT2D eigenvalue weighted by molar-refractivity contribution is 0.403. The summed E-state index contributed by atoms with van der Waals surface area (Å²) >= 11 is 0. The average Bonchev–Trinajstić information content (AvgIpc) is 2.47. The molecule has 2 rings (SSSR count). The van der Waals surface area contributed by atoms with Gasteiger partial charge in [0.1, 0.15) is 11.5 Å². The Balaban J connectivity index is 2.44. The van der Waals surface area contributed by atoms with Gasteiger partial charge in [0.2, 0.25) is 5.88 Å². The Labute approximate surface area is 125 Å². The maximum atomic E-state index is 5.95. The van der Waals surface area contributed by atoms with Crippen molar-refractivity contribution in [3.8, 4) is 17.4 Å². The van der Waals surface area contributed by atoms with Crippen LogP contribution in [0.5, 0.6) is 17.4 Å². The van der Waals surface area contributed by atoms with E-state index in [1.54, 1.807) is 13.3 Å². The fourth-order valence-corrected chi connectivity index (χ4v) is 2.00. The standard InChI is InChI=1S/C16H21N3O2/c1-16(2,3)13-9-12(20-4)5-6-14(13)21-15-11(10-17)7-8-18-19-15/h5-9H,10,17H2,1-4H3. The molecule has 112 valence electrons. The minimum Gasteiger partial charge on any atom is -0.497 e. The Bertz CT molecular complexity index is 621. The summed E-state index contributed by atoms with van der Waals surface area (Å²) in [4.78, 5) is 0. The number of hydrogen-bond acceptors (Lipinski definition) is 5.